The Morgan fingerprint density at radius 2 is 2.26 bits per heavy atom. The van der Waals surface area contributed by atoms with Crippen molar-refractivity contribution in [3.63, 3.8) is 0 Å². The predicted molar refractivity (Wildman–Crippen MR) is 68.2 cm³/mol. The van der Waals surface area contributed by atoms with Crippen LogP contribution in [0.1, 0.15) is 5.56 Å². The lowest BCUT2D eigenvalue weighted by atomic mass is 10.3. The molecule has 7 nitrogen and oxygen atoms in total. The van der Waals surface area contributed by atoms with Crippen molar-refractivity contribution in [1.29, 1.82) is 5.26 Å². The van der Waals surface area contributed by atoms with Crippen molar-refractivity contribution in [2.45, 2.75) is 10.2 Å². The summed E-state index contributed by atoms with van der Waals surface area (Å²) in [5.41, 5.74) is -1.43. The summed E-state index contributed by atoms with van der Waals surface area (Å²) >= 11 is 6.97. The van der Waals surface area contributed by atoms with Gasteiger partial charge in [-0.2, -0.15) is 10.2 Å². The number of nitriles is 1. The first-order valence-electron chi connectivity index (χ1n) is 4.92. The summed E-state index contributed by atoms with van der Waals surface area (Å²) < 4.78 is 1.28. The minimum atomic E-state index is -0.895. The van der Waals surface area contributed by atoms with E-state index in [2.05, 4.69) is 15.1 Å². The number of H-pyrrole nitrogens is 1. The molecule has 0 aliphatic carbocycles. The van der Waals surface area contributed by atoms with Crippen molar-refractivity contribution in [2.24, 2.45) is 7.05 Å². The number of nitrogens with one attached hydrogen (secondary N) is 1. The second-order valence-corrected chi connectivity index (χ2v) is 4.72. The maximum Gasteiger partial charge on any atom is 0.339 e. The van der Waals surface area contributed by atoms with Crippen molar-refractivity contribution in [3.05, 3.63) is 43.6 Å². The second-order valence-electron chi connectivity index (χ2n) is 3.39. The third kappa shape index (κ3) is 2.67. The van der Waals surface area contributed by atoms with E-state index in [0.717, 1.165) is 11.8 Å². The van der Waals surface area contributed by atoms with Crippen molar-refractivity contribution in [2.75, 3.05) is 0 Å². The molecule has 2 heterocycles. The number of aromatic nitrogens is 4. The molecule has 0 aliphatic rings. The largest absolute Gasteiger partial charge is 0.339 e. The van der Waals surface area contributed by atoms with Gasteiger partial charge in [-0.3, -0.25) is 19.4 Å². The fraction of sp³-hybridized carbons (Fsp3) is 0.100. The highest BCUT2D eigenvalue weighted by molar-refractivity contribution is 7.99. The van der Waals surface area contributed by atoms with E-state index in [-0.39, 0.29) is 15.7 Å². The molecule has 96 valence electrons. The summed E-state index contributed by atoms with van der Waals surface area (Å²) in [4.78, 5) is 29.9. The normalized spacial score (nSPS) is 10.2. The van der Waals surface area contributed by atoms with E-state index < -0.39 is 11.1 Å². The molecule has 19 heavy (non-hydrogen) atoms. The molecular weight excluding hydrogens is 290 g/mol. The Kier molecular flexibility index (Phi) is 3.69. The Bertz CT molecular complexity index is 792. The van der Waals surface area contributed by atoms with Crippen molar-refractivity contribution in [1.82, 2.24) is 19.7 Å². The maximum absolute atomic E-state index is 11.2. The Balaban J connectivity index is 2.48. The Labute approximate surface area is 115 Å². The molecule has 0 saturated carbocycles. The van der Waals surface area contributed by atoms with E-state index >= 15 is 0 Å². The summed E-state index contributed by atoms with van der Waals surface area (Å²) in [6.45, 7) is 0. The molecule has 1 N–H and O–H groups in total. The lowest BCUT2D eigenvalue weighted by Gasteiger charge is -2.06. The quantitative estimate of drug-likeness (QED) is 0.811. The van der Waals surface area contributed by atoms with Crippen LogP contribution in [0.5, 0.6) is 0 Å². The van der Waals surface area contributed by atoms with Crippen molar-refractivity contribution in [3.8, 4) is 6.07 Å². The minimum absolute atomic E-state index is 0.176. The van der Waals surface area contributed by atoms with Gasteiger partial charge in [0.15, 0.2) is 5.16 Å². The van der Waals surface area contributed by atoms with Crippen LogP contribution in [0.25, 0.3) is 0 Å². The van der Waals surface area contributed by atoms with Crippen LogP contribution in [0.15, 0.2) is 32.0 Å². The molecule has 0 unspecified atom stereocenters. The van der Waals surface area contributed by atoms with Gasteiger partial charge in [0.25, 0.3) is 0 Å². The van der Waals surface area contributed by atoms with Gasteiger partial charge in [0.05, 0.1) is 10.6 Å². The van der Waals surface area contributed by atoms with Crippen LogP contribution in [0.3, 0.4) is 0 Å². The Morgan fingerprint density at radius 3 is 2.95 bits per heavy atom. The lowest BCUT2D eigenvalue weighted by Crippen LogP contribution is -2.33. The van der Waals surface area contributed by atoms with Crippen LogP contribution in [-0.4, -0.2) is 19.7 Å². The third-order valence-electron chi connectivity index (χ3n) is 2.11. The number of hydrogen-bond acceptors (Lipinski definition) is 6. The Hall–Kier alpha value is -2.11. The first kappa shape index (κ1) is 13.3. The zero-order chi connectivity index (χ0) is 14.0. The van der Waals surface area contributed by atoms with E-state index in [1.807, 2.05) is 6.07 Å². The molecule has 2 aromatic rings. The Morgan fingerprint density at radius 1 is 1.53 bits per heavy atom. The monoisotopic (exact) mass is 295 g/mol. The number of aromatic amines is 1. The van der Waals surface area contributed by atoms with Crippen molar-refractivity contribution >= 4 is 23.4 Å². The topological polar surface area (TPSA) is 104 Å². The van der Waals surface area contributed by atoms with Crippen LogP contribution in [0, 0.1) is 11.3 Å². The fourth-order valence-corrected chi connectivity index (χ4v) is 2.29. The molecule has 9 heteroatoms. The predicted octanol–water partition coefficient (Wildman–Crippen LogP) is 0.540. The molecular formula is C10H6ClN5O2S. The maximum atomic E-state index is 11.2. The molecule has 0 radical (unpaired) electrons. The molecule has 0 amide bonds. The summed E-state index contributed by atoms with van der Waals surface area (Å²) in [6.07, 6.45) is 1.43. The molecule has 0 fully saturated rings. The summed E-state index contributed by atoms with van der Waals surface area (Å²) in [5, 5.41) is 11.9. The van der Waals surface area contributed by atoms with E-state index in [0.29, 0.717) is 5.03 Å². The molecule has 0 aromatic carbocycles. The summed E-state index contributed by atoms with van der Waals surface area (Å²) in [6, 6.07) is 3.40. The van der Waals surface area contributed by atoms with Gasteiger partial charge in [-0.15, -0.1) is 0 Å². The van der Waals surface area contributed by atoms with E-state index in [9.17, 15) is 9.59 Å². The number of hydrogen-bond donors (Lipinski definition) is 1. The van der Waals surface area contributed by atoms with Gasteiger partial charge < -0.3 is 0 Å². The van der Waals surface area contributed by atoms with Crippen LogP contribution in [0.4, 0.5) is 0 Å². The van der Waals surface area contributed by atoms with Crippen molar-refractivity contribution < 1.29 is 0 Å². The number of halogens is 1. The summed E-state index contributed by atoms with van der Waals surface area (Å²) in [7, 11) is 1.53. The number of rotatable bonds is 2. The summed E-state index contributed by atoms with van der Waals surface area (Å²) in [5.74, 6) is 0. The molecule has 0 spiro atoms. The molecule has 2 rings (SSSR count). The van der Waals surface area contributed by atoms with Gasteiger partial charge in [0, 0.05) is 13.2 Å². The first-order chi connectivity index (χ1) is 9.02. The standard InChI is InChI=1S/C10H6ClN5O2S/c1-16-10(14-7(17)8(18)15-16)19-9-6(11)5(4-12)2-3-13-9/h2-3H,1H3,(H,15,18). The third-order valence-corrected chi connectivity index (χ3v) is 3.66. The number of pyridine rings is 1. The number of aryl methyl sites for hydroxylation is 1. The highest BCUT2D eigenvalue weighted by Gasteiger charge is 2.12. The SMILES string of the molecule is Cn1[nH]c(=O)c(=O)nc1Sc1nccc(C#N)c1Cl. The highest BCUT2D eigenvalue weighted by Crippen LogP contribution is 2.30. The van der Waals surface area contributed by atoms with Gasteiger partial charge in [-0.1, -0.05) is 11.6 Å². The number of nitrogens with zero attached hydrogens (tertiary/aromatic N) is 4. The van der Waals surface area contributed by atoms with E-state index in [1.54, 1.807) is 0 Å². The van der Waals surface area contributed by atoms with Gasteiger partial charge in [0.1, 0.15) is 11.1 Å². The van der Waals surface area contributed by atoms with Gasteiger partial charge >= 0.3 is 11.1 Å². The zero-order valence-corrected chi connectivity index (χ0v) is 11.1. The lowest BCUT2D eigenvalue weighted by molar-refractivity contribution is 0.596. The van der Waals surface area contributed by atoms with Crippen LogP contribution in [0.2, 0.25) is 5.02 Å². The second kappa shape index (κ2) is 5.26. The van der Waals surface area contributed by atoms with E-state index in [1.165, 1.54) is 24.0 Å². The molecule has 0 aliphatic heterocycles. The van der Waals surface area contributed by atoms with Crippen LogP contribution < -0.4 is 11.1 Å². The smallest absolute Gasteiger partial charge is 0.265 e. The van der Waals surface area contributed by atoms with Crippen LogP contribution >= 0.6 is 23.4 Å². The minimum Gasteiger partial charge on any atom is -0.265 e. The average molecular weight is 296 g/mol. The average Bonchev–Trinajstić information content (AvgIpc) is 2.38. The fourth-order valence-electron chi connectivity index (χ4n) is 1.22. The zero-order valence-electron chi connectivity index (χ0n) is 9.55. The molecule has 2 aromatic heterocycles. The van der Waals surface area contributed by atoms with Gasteiger partial charge in [-0.25, -0.2) is 4.98 Å². The first-order valence-corrected chi connectivity index (χ1v) is 6.12. The van der Waals surface area contributed by atoms with Gasteiger partial charge in [-0.05, 0) is 17.8 Å². The molecule has 0 bridgehead atoms. The van der Waals surface area contributed by atoms with Crippen LogP contribution in [-0.2, 0) is 7.05 Å². The molecule has 0 saturated heterocycles. The molecule has 0 atom stereocenters. The van der Waals surface area contributed by atoms with Gasteiger partial charge in [0.2, 0.25) is 0 Å². The van der Waals surface area contributed by atoms with E-state index in [4.69, 9.17) is 16.9 Å². The highest BCUT2D eigenvalue weighted by atomic mass is 35.5.